The van der Waals surface area contributed by atoms with Crippen LogP contribution >= 0.6 is 23.2 Å². The lowest BCUT2D eigenvalue weighted by atomic mass is 10.2. The zero-order valence-corrected chi connectivity index (χ0v) is 10.7. The van der Waals surface area contributed by atoms with Crippen LogP contribution in [0.5, 0.6) is 0 Å². The third kappa shape index (κ3) is 2.16. The van der Waals surface area contributed by atoms with E-state index in [9.17, 15) is 4.79 Å². The largest absolute Gasteiger partial charge is 0.362 e. The van der Waals surface area contributed by atoms with Gasteiger partial charge in [-0.1, -0.05) is 23.2 Å². The van der Waals surface area contributed by atoms with E-state index in [2.05, 4.69) is 10.2 Å². The van der Waals surface area contributed by atoms with E-state index in [-0.39, 0.29) is 5.69 Å². The molecule has 0 fully saturated rings. The quantitative estimate of drug-likeness (QED) is 0.906. The van der Waals surface area contributed by atoms with Gasteiger partial charge in [0.05, 0.1) is 10.0 Å². The Balaban J connectivity index is 2.61. The number of benzene rings is 1. The van der Waals surface area contributed by atoms with Gasteiger partial charge in [-0.3, -0.25) is 0 Å². The van der Waals surface area contributed by atoms with Gasteiger partial charge in [0, 0.05) is 19.7 Å². The van der Waals surface area contributed by atoms with Crippen molar-refractivity contribution in [1.82, 2.24) is 14.9 Å². The van der Waals surface area contributed by atoms with Crippen molar-refractivity contribution in [3.05, 3.63) is 38.7 Å². The van der Waals surface area contributed by atoms with E-state index < -0.39 is 0 Å². The van der Waals surface area contributed by atoms with Crippen molar-refractivity contribution >= 4 is 23.2 Å². The molecule has 0 bridgehead atoms. The van der Waals surface area contributed by atoms with Crippen LogP contribution in [0, 0.1) is 0 Å². The minimum absolute atomic E-state index is 0.309. The summed E-state index contributed by atoms with van der Waals surface area (Å²) in [5, 5.41) is 8.86. The smallest absolute Gasteiger partial charge is 0.313 e. The molecular weight excluding hydrogens is 263 g/mol. The lowest BCUT2D eigenvalue weighted by Crippen LogP contribution is -2.34. The minimum atomic E-state index is -0.309. The van der Waals surface area contributed by atoms with Crippen LogP contribution in [0.3, 0.4) is 0 Å². The zero-order valence-electron chi connectivity index (χ0n) is 9.24. The number of hydrogen-bond donors (Lipinski definition) is 1. The summed E-state index contributed by atoms with van der Waals surface area (Å²) in [6.45, 7) is 0. The monoisotopic (exact) mass is 272 g/mol. The maximum absolute atomic E-state index is 11.6. The van der Waals surface area contributed by atoms with Crippen molar-refractivity contribution in [3.63, 3.8) is 0 Å². The van der Waals surface area contributed by atoms with Crippen molar-refractivity contribution in [2.45, 2.75) is 0 Å². The van der Waals surface area contributed by atoms with Gasteiger partial charge in [-0.15, -0.1) is 0 Å². The first kappa shape index (κ1) is 12.0. The fourth-order valence-corrected chi connectivity index (χ4v) is 1.78. The fourth-order valence-electron chi connectivity index (χ4n) is 1.48. The highest BCUT2D eigenvalue weighted by Crippen LogP contribution is 2.26. The Morgan fingerprint density at radius 2 is 2.00 bits per heavy atom. The Kier molecular flexibility index (Phi) is 3.13. The predicted molar refractivity (Wildman–Crippen MR) is 68.4 cm³/mol. The highest BCUT2D eigenvalue weighted by atomic mass is 35.5. The summed E-state index contributed by atoms with van der Waals surface area (Å²) in [6, 6.07) is 5.09. The fraction of sp³-hybridized carbons (Fsp3) is 0.200. The van der Waals surface area contributed by atoms with Crippen LogP contribution in [0.4, 0.5) is 0 Å². The molecule has 1 aromatic heterocycles. The molecule has 0 aliphatic rings. The number of nitrogens with one attached hydrogen (secondary N) is 1. The van der Waals surface area contributed by atoms with Gasteiger partial charge in [-0.05, 0) is 18.2 Å². The van der Waals surface area contributed by atoms with Gasteiger partial charge in [0.1, 0.15) is 0 Å². The number of aromatic amines is 1. The summed E-state index contributed by atoms with van der Waals surface area (Å²) in [7, 11) is 3.50. The third-order valence-electron chi connectivity index (χ3n) is 2.23. The molecular formula is C10H10Cl2N4O. The molecule has 2 rings (SSSR count). The van der Waals surface area contributed by atoms with E-state index in [1.54, 1.807) is 37.3 Å². The van der Waals surface area contributed by atoms with Gasteiger partial charge < -0.3 is 5.01 Å². The summed E-state index contributed by atoms with van der Waals surface area (Å²) in [5.74, 6) is 0.485. The third-order valence-corrected chi connectivity index (χ3v) is 2.97. The van der Waals surface area contributed by atoms with Crippen LogP contribution < -0.4 is 10.7 Å². The second kappa shape index (κ2) is 4.43. The average molecular weight is 273 g/mol. The second-order valence-corrected chi connectivity index (χ2v) is 4.45. The van der Waals surface area contributed by atoms with Crippen molar-refractivity contribution in [1.29, 1.82) is 0 Å². The van der Waals surface area contributed by atoms with E-state index >= 15 is 0 Å². The highest BCUT2D eigenvalue weighted by Gasteiger charge is 2.13. The van der Waals surface area contributed by atoms with Gasteiger partial charge in [0.25, 0.3) is 0 Å². The van der Waals surface area contributed by atoms with Crippen molar-refractivity contribution in [3.8, 4) is 11.4 Å². The normalized spacial score (nSPS) is 10.6. The Morgan fingerprint density at radius 3 is 2.59 bits per heavy atom. The van der Waals surface area contributed by atoms with Crippen molar-refractivity contribution in [2.24, 2.45) is 0 Å². The Labute approximate surface area is 108 Å². The molecule has 1 heterocycles. The molecule has 0 spiro atoms. The van der Waals surface area contributed by atoms with E-state index in [1.165, 1.54) is 4.68 Å². The van der Waals surface area contributed by atoms with Crippen LogP contribution in [0.1, 0.15) is 0 Å². The predicted octanol–water partition coefficient (Wildman–Crippen LogP) is 1.74. The molecule has 0 aliphatic carbocycles. The molecule has 0 saturated carbocycles. The average Bonchev–Trinajstić information content (AvgIpc) is 2.64. The number of rotatable bonds is 2. The molecule has 0 amide bonds. The van der Waals surface area contributed by atoms with E-state index in [0.29, 0.717) is 21.4 Å². The first-order chi connectivity index (χ1) is 8.00. The van der Waals surface area contributed by atoms with E-state index in [1.807, 2.05) is 0 Å². The second-order valence-electron chi connectivity index (χ2n) is 3.64. The molecule has 0 aliphatic heterocycles. The summed E-state index contributed by atoms with van der Waals surface area (Å²) in [5.41, 5.74) is 0.405. The van der Waals surface area contributed by atoms with Crippen LogP contribution in [-0.2, 0) is 0 Å². The number of H-pyrrole nitrogens is 1. The topological polar surface area (TPSA) is 53.9 Å². The first-order valence-corrected chi connectivity index (χ1v) is 5.56. The lowest BCUT2D eigenvalue weighted by Gasteiger charge is -2.14. The molecule has 90 valence electrons. The zero-order chi connectivity index (χ0) is 12.6. The van der Waals surface area contributed by atoms with Gasteiger partial charge in [0.15, 0.2) is 5.82 Å². The van der Waals surface area contributed by atoms with E-state index in [4.69, 9.17) is 23.2 Å². The molecule has 0 atom stereocenters. The molecule has 0 radical (unpaired) electrons. The van der Waals surface area contributed by atoms with Crippen LogP contribution in [-0.4, -0.2) is 29.0 Å². The molecule has 5 nitrogen and oxygen atoms in total. The molecule has 0 unspecified atom stereocenters. The lowest BCUT2D eigenvalue weighted by molar-refractivity contribution is 0.708. The Hall–Kier alpha value is -1.46. The number of hydrogen-bond acceptors (Lipinski definition) is 3. The molecule has 0 saturated heterocycles. The summed E-state index contributed by atoms with van der Waals surface area (Å²) in [6.07, 6.45) is 0. The SMILES string of the molecule is CN(C)n1c(-c2ccc(Cl)c(Cl)c2)n[nH]c1=O. The molecule has 1 N–H and O–H groups in total. The number of nitrogens with zero attached hydrogens (tertiary/aromatic N) is 3. The minimum Gasteiger partial charge on any atom is -0.313 e. The standard InChI is InChI=1S/C10H10Cl2N4O/c1-15(2)16-9(13-14-10(16)17)6-3-4-7(11)8(12)5-6/h3-5H,1-2H3,(H,14,17). The van der Waals surface area contributed by atoms with E-state index in [0.717, 1.165) is 0 Å². The summed E-state index contributed by atoms with van der Waals surface area (Å²) in [4.78, 5) is 11.6. The molecule has 2 aromatic rings. The maximum atomic E-state index is 11.6. The van der Waals surface area contributed by atoms with Crippen LogP contribution in [0.2, 0.25) is 10.0 Å². The highest BCUT2D eigenvalue weighted by molar-refractivity contribution is 6.42. The number of aromatic nitrogens is 3. The first-order valence-electron chi connectivity index (χ1n) is 4.81. The van der Waals surface area contributed by atoms with Crippen molar-refractivity contribution in [2.75, 3.05) is 19.1 Å². The summed E-state index contributed by atoms with van der Waals surface area (Å²) >= 11 is 11.8. The summed E-state index contributed by atoms with van der Waals surface area (Å²) < 4.78 is 1.40. The van der Waals surface area contributed by atoms with Crippen LogP contribution in [0.15, 0.2) is 23.0 Å². The molecule has 17 heavy (non-hydrogen) atoms. The van der Waals surface area contributed by atoms with Gasteiger partial charge in [-0.25, -0.2) is 9.89 Å². The van der Waals surface area contributed by atoms with Crippen LogP contribution in [0.25, 0.3) is 11.4 Å². The maximum Gasteiger partial charge on any atom is 0.362 e. The van der Waals surface area contributed by atoms with Crippen molar-refractivity contribution < 1.29 is 0 Å². The Morgan fingerprint density at radius 1 is 1.29 bits per heavy atom. The van der Waals surface area contributed by atoms with Gasteiger partial charge in [0.2, 0.25) is 0 Å². The number of halogens is 2. The Bertz CT molecular complexity index is 603. The van der Waals surface area contributed by atoms with Gasteiger partial charge >= 0.3 is 5.69 Å². The van der Waals surface area contributed by atoms with Gasteiger partial charge in [-0.2, -0.15) is 9.77 Å². The molecule has 7 heteroatoms. The molecule has 1 aromatic carbocycles.